The molecule has 0 aliphatic heterocycles. The number of nitrogens with zero attached hydrogens (tertiary/aromatic N) is 2. The maximum atomic E-state index is 11.6. The maximum Gasteiger partial charge on any atom is 0.239 e. The number of carbonyl (C=O) groups excluding carboxylic acids is 1. The number of aryl methyl sites for hydroxylation is 1. The Kier molecular flexibility index (Phi) is 3.96. The van der Waals surface area contributed by atoms with Crippen molar-refractivity contribution in [2.24, 2.45) is 7.05 Å². The molecule has 1 aromatic heterocycles. The van der Waals surface area contributed by atoms with Gasteiger partial charge in [0.2, 0.25) is 11.9 Å². The van der Waals surface area contributed by atoms with Crippen molar-refractivity contribution in [2.75, 3.05) is 11.9 Å². The van der Waals surface area contributed by atoms with Crippen LogP contribution in [0.1, 0.15) is 5.56 Å². The van der Waals surface area contributed by atoms with E-state index in [0.717, 1.165) is 5.56 Å². The molecule has 18 heavy (non-hydrogen) atoms. The predicted molar refractivity (Wildman–Crippen MR) is 70.0 cm³/mol. The van der Waals surface area contributed by atoms with E-state index >= 15 is 0 Å². The van der Waals surface area contributed by atoms with Crippen molar-refractivity contribution in [3.05, 3.63) is 48.3 Å². The molecule has 0 atom stereocenters. The molecule has 1 heterocycles. The Labute approximate surface area is 106 Å². The number of benzene rings is 1. The number of nitrogens with one attached hydrogen (secondary N) is 2. The van der Waals surface area contributed by atoms with Crippen LogP contribution < -0.4 is 10.6 Å². The molecule has 0 saturated heterocycles. The van der Waals surface area contributed by atoms with Gasteiger partial charge in [-0.05, 0) is 5.56 Å². The fourth-order valence-corrected chi connectivity index (χ4v) is 1.55. The lowest BCUT2D eigenvalue weighted by Crippen LogP contribution is -2.29. The minimum Gasteiger partial charge on any atom is -0.350 e. The number of hydrogen-bond acceptors (Lipinski definition) is 3. The molecule has 2 N–H and O–H groups in total. The highest BCUT2D eigenvalue weighted by atomic mass is 16.1. The second-order valence-corrected chi connectivity index (χ2v) is 3.98. The van der Waals surface area contributed by atoms with E-state index in [4.69, 9.17) is 0 Å². The average Bonchev–Trinajstić information content (AvgIpc) is 2.81. The first kappa shape index (κ1) is 12.2. The molecule has 5 heteroatoms. The monoisotopic (exact) mass is 244 g/mol. The third-order valence-electron chi connectivity index (χ3n) is 2.56. The van der Waals surface area contributed by atoms with E-state index in [-0.39, 0.29) is 12.5 Å². The van der Waals surface area contributed by atoms with Gasteiger partial charge in [-0.1, -0.05) is 30.3 Å². The van der Waals surface area contributed by atoms with Crippen LogP contribution in [0.15, 0.2) is 42.7 Å². The number of anilines is 1. The van der Waals surface area contributed by atoms with Gasteiger partial charge in [0.25, 0.3) is 0 Å². The topological polar surface area (TPSA) is 59.0 Å². The van der Waals surface area contributed by atoms with Crippen LogP contribution >= 0.6 is 0 Å². The Bertz CT molecular complexity index is 507. The van der Waals surface area contributed by atoms with Gasteiger partial charge in [0, 0.05) is 26.0 Å². The van der Waals surface area contributed by atoms with Crippen molar-refractivity contribution >= 4 is 11.9 Å². The van der Waals surface area contributed by atoms with Gasteiger partial charge in [0.05, 0.1) is 6.54 Å². The summed E-state index contributed by atoms with van der Waals surface area (Å²) in [4.78, 5) is 15.7. The molecule has 1 aromatic carbocycles. The number of imidazole rings is 1. The summed E-state index contributed by atoms with van der Waals surface area (Å²) in [6.07, 6.45) is 3.51. The highest BCUT2D eigenvalue weighted by Gasteiger charge is 2.03. The van der Waals surface area contributed by atoms with Crippen molar-refractivity contribution in [1.29, 1.82) is 0 Å². The third-order valence-corrected chi connectivity index (χ3v) is 2.56. The van der Waals surface area contributed by atoms with Crippen LogP contribution in [-0.2, 0) is 18.4 Å². The van der Waals surface area contributed by atoms with Crippen molar-refractivity contribution in [1.82, 2.24) is 14.9 Å². The van der Waals surface area contributed by atoms with Crippen LogP contribution in [0.2, 0.25) is 0 Å². The number of rotatable bonds is 5. The molecule has 0 aliphatic rings. The molecular weight excluding hydrogens is 228 g/mol. The Morgan fingerprint density at radius 3 is 2.78 bits per heavy atom. The Morgan fingerprint density at radius 1 is 1.33 bits per heavy atom. The molecule has 0 bridgehead atoms. The predicted octanol–water partition coefficient (Wildman–Crippen LogP) is 1.15. The Balaban J connectivity index is 1.75. The van der Waals surface area contributed by atoms with Gasteiger partial charge in [0.15, 0.2) is 0 Å². The van der Waals surface area contributed by atoms with Crippen LogP contribution in [0.25, 0.3) is 0 Å². The van der Waals surface area contributed by atoms with Gasteiger partial charge in [0.1, 0.15) is 0 Å². The fraction of sp³-hybridized carbons (Fsp3) is 0.231. The van der Waals surface area contributed by atoms with Crippen molar-refractivity contribution < 1.29 is 4.79 Å². The van der Waals surface area contributed by atoms with Gasteiger partial charge >= 0.3 is 0 Å². The zero-order valence-corrected chi connectivity index (χ0v) is 10.3. The summed E-state index contributed by atoms with van der Waals surface area (Å²) in [5.41, 5.74) is 1.09. The normalized spacial score (nSPS) is 10.1. The first-order valence-corrected chi connectivity index (χ1v) is 5.77. The molecule has 0 spiro atoms. The summed E-state index contributed by atoms with van der Waals surface area (Å²) in [5, 5.41) is 5.81. The van der Waals surface area contributed by atoms with Crippen LogP contribution in [0, 0.1) is 0 Å². The second kappa shape index (κ2) is 5.86. The zero-order chi connectivity index (χ0) is 12.8. The first-order valence-electron chi connectivity index (χ1n) is 5.77. The highest BCUT2D eigenvalue weighted by Crippen LogP contribution is 2.00. The van der Waals surface area contributed by atoms with Gasteiger partial charge in [-0.25, -0.2) is 4.98 Å². The molecular formula is C13H16N4O. The summed E-state index contributed by atoms with van der Waals surface area (Å²) in [6, 6.07) is 9.81. The minimum atomic E-state index is -0.0538. The molecule has 94 valence electrons. The SMILES string of the molecule is Cn1ccnc1NCC(=O)NCc1ccccc1. The summed E-state index contributed by atoms with van der Waals surface area (Å²) < 4.78 is 1.82. The second-order valence-electron chi connectivity index (χ2n) is 3.98. The molecule has 0 unspecified atom stereocenters. The van der Waals surface area contributed by atoms with Gasteiger partial charge < -0.3 is 15.2 Å². The standard InChI is InChI=1S/C13H16N4O/c1-17-8-7-14-13(17)16-10-12(18)15-9-11-5-3-2-4-6-11/h2-8H,9-10H2,1H3,(H,14,16)(H,15,18). The molecule has 0 radical (unpaired) electrons. The Hall–Kier alpha value is -2.30. The highest BCUT2D eigenvalue weighted by molar-refractivity contribution is 5.80. The fourth-order valence-electron chi connectivity index (χ4n) is 1.55. The van der Waals surface area contributed by atoms with Crippen LogP contribution in [0.5, 0.6) is 0 Å². The molecule has 1 amide bonds. The molecule has 2 aromatic rings. The number of amides is 1. The smallest absolute Gasteiger partial charge is 0.239 e. The lowest BCUT2D eigenvalue weighted by molar-refractivity contribution is -0.119. The van der Waals surface area contributed by atoms with Crippen LogP contribution in [-0.4, -0.2) is 22.0 Å². The number of aromatic nitrogens is 2. The van der Waals surface area contributed by atoms with Crippen molar-refractivity contribution in [3.63, 3.8) is 0 Å². The van der Waals surface area contributed by atoms with Crippen LogP contribution in [0.3, 0.4) is 0 Å². The van der Waals surface area contributed by atoms with Gasteiger partial charge in [-0.2, -0.15) is 0 Å². The Morgan fingerprint density at radius 2 is 2.11 bits per heavy atom. The summed E-state index contributed by atoms with van der Waals surface area (Å²) in [5.74, 6) is 0.631. The van der Waals surface area contributed by atoms with Gasteiger partial charge in [-0.15, -0.1) is 0 Å². The summed E-state index contributed by atoms with van der Waals surface area (Å²) in [6.45, 7) is 0.763. The van der Waals surface area contributed by atoms with E-state index in [1.54, 1.807) is 6.20 Å². The molecule has 2 rings (SSSR count). The first-order chi connectivity index (χ1) is 8.75. The van der Waals surface area contributed by atoms with E-state index in [9.17, 15) is 4.79 Å². The molecule has 0 fully saturated rings. The molecule has 0 saturated carbocycles. The third kappa shape index (κ3) is 3.35. The molecule has 5 nitrogen and oxygen atoms in total. The van der Waals surface area contributed by atoms with E-state index in [1.165, 1.54) is 0 Å². The number of carbonyl (C=O) groups is 1. The quantitative estimate of drug-likeness (QED) is 0.829. The van der Waals surface area contributed by atoms with Crippen molar-refractivity contribution in [3.8, 4) is 0 Å². The van der Waals surface area contributed by atoms with E-state index in [2.05, 4.69) is 15.6 Å². The van der Waals surface area contributed by atoms with Crippen molar-refractivity contribution in [2.45, 2.75) is 6.54 Å². The lowest BCUT2D eigenvalue weighted by atomic mass is 10.2. The van der Waals surface area contributed by atoms with E-state index < -0.39 is 0 Å². The maximum absolute atomic E-state index is 11.6. The largest absolute Gasteiger partial charge is 0.350 e. The number of hydrogen-bond donors (Lipinski definition) is 2. The summed E-state index contributed by atoms with van der Waals surface area (Å²) >= 11 is 0. The minimum absolute atomic E-state index is 0.0538. The van der Waals surface area contributed by atoms with Gasteiger partial charge in [-0.3, -0.25) is 4.79 Å². The average molecular weight is 244 g/mol. The van der Waals surface area contributed by atoms with E-state index in [0.29, 0.717) is 12.5 Å². The van der Waals surface area contributed by atoms with Crippen LogP contribution in [0.4, 0.5) is 5.95 Å². The lowest BCUT2D eigenvalue weighted by Gasteiger charge is -2.07. The van der Waals surface area contributed by atoms with E-state index in [1.807, 2.05) is 48.1 Å². The summed E-state index contributed by atoms with van der Waals surface area (Å²) in [7, 11) is 1.87. The zero-order valence-electron chi connectivity index (χ0n) is 10.3. The molecule has 0 aliphatic carbocycles.